The van der Waals surface area contributed by atoms with Crippen molar-refractivity contribution in [3.63, 3.8) is 0 Å². The molecule has 1 aliphatic heterocycles. The van der Waals surface area contributed by atoms with Crippen LogP contribution < -0.4 is 10.1 Å². The van der Waals surface area contributed by atoms with Crippen molar-refractivity contribution in [3.8, 4) is 5.88 Å². The predicted molar refractivity (Wildman–Crippen MR) is 67.3 cm³/mol. The van der Waals surface area contributed by atoms with Crippen LogP contribution in [-0.2, 0) is 4.74 Å². The molecule has 8 heteroatoms. The molecule has 0 amide bonds. The minimum absolute atomic E-state index is 0.0100. The summed E-state index contributed by atoms with van der Waals surface area (Å²) in [5.41, 5.74) is -0.225. The summed E-state index contributed by atoms with van der Waals surface area (Å²) in [7, 11) is 1.57. The van der Waals surface area contributed by atoms with E-state index >= 15 is 0 Å². The quantitative estimate of drug-likeness (QED) is 0.633. The van der Waals surface area contributed by atoms with E-state index in [-0.39, 0.29) is 17.4 Å². The Hall–Kier alpha value is -1.96. The van der Waals surface area contributed by atoms with E-state index in [2.05, 4.69) is 15.3 Å². The predicted octanol–water partition coefficient (Wildman–Crippen LogP) is 1.23. The SMILES string of the molecule is CNc1ncnc(OCC2CCOCC2)c1[N+](=O)[O-]. The highest BCUT2D eigenvalue weighted by molar-refractivity contribution is 5.60. The number of nitrogens with zero attached hydrogens (tertiary/aromatic N) is 3. The van der Waals surface area contributed by atoms with Gasteiger partial charge < -0.3 is 14.8 Å². The molecule has 0 atom stereocenters. The molecular weight excluding hydrogens is 252 g/mol. The van der Waals surface area contributed by atoms with E-state index < -0.39 is 4.92 Å². The molecule has 1 aromatic rings. The maximum atomic E-state index is 11.0. The fourth-order valence-electron chi connectivity index (χ4n) is 1.93. The van der Waals surface area contributed by atoms with Crippen LogP contribution in [-0.4, -0.2) is 41.8 Å². The molecular formula is C11H16N4O4. The number of rotatable bonds is 5. The lowest BCUT2D eigenvalue weighted by Gasteiger charge is -2.21. The summed E-state index contributed by atoms with van der Waals surface area (Å²) in [5, 5.41) is 13.7. The van der Waals surface area contributed by atoms with Gasteiger partial charge in [0.05, 0.1) is 11.5 Å². The zero-order valence-electron chi connectivity index (χ0n) is 10.7. The second-order valence-corrected chi connectivity index (χ2v) is 4.25. The fourth-order valence-corrected chi connectivity index (χ4v) is 1.93. The number of hydrogen-bond acceptors (Lipinski definition) is 7. The van der Waals surface area contributed by atoms with E-state index in [9.17, 15) is 10.1 Å². The summed E-state index contributed by atoms with van der Waals surface area (Å²) >= 11 is 0. The van der Waals surface area contributed by atoms with Gasteiger partial charge in [-0.1, -0.05) is 0 Å². The Bertz CT molecular complexity index is 448. The number of nitrogens with one attached hydrogen (secondary N) is 1. The third kappa shape index (κ3) is 3.28. The van der Waals surface area contributed by atoms with Crippen molar-refractivity contribution in [3.05, 3.63) is 16.4 Å². The molecule has 0 aromatic carbocycles. The van der Waals surface area contributed by atoms with Crippen molar-refractivity contribution >= 4 is 11.5 Å². The van der Waals surface area contributed by atoms with E-state index in [1.54, 1.807) is 7.05 Å². The maximum Gasteiger partial charge on any atom is 0.372 e. The smallest absolute Gasteiger partial charge is 0.372 e. The molecule has 104 valence electrons. The van der Waals surface area contributed by atoms with Crippen LogP contribution in [0.5, 0.6) is 5.88 Å². The molecule has 0 unspecified atom stereocenters. The third-order valence-corrected chi connectivity index (χ3v) is 3.00. The first kappa shape index (κ1) is 13.5. The highest BCUT2D eigenvalue weighted by Gasteiger charge is 2.25. The van der Waals surface area contributed by atoms with Gasteiger partial charge in [-0.25, -0.2) is 4.98 Å². The Morgan fingerprint density at radius 2 is 2.26 bits per heavy atom. The second-order valence-electron chi connectivity index (χ2n) is 4.25. The minimum Gasteiger partial charge on any atom is -0.472 e. The van der Waals surface area contributed by atoms with Gasteiger partial charge in [0.25, 0.3) is 5.88 Å². The number of aromatic nitrogens is 2. The molecule has 0 aliphatic carbocycles. The van der Waals surface area contributed by atoms with Crippen LogP contribution in [0.2, 0.25) is 0 Å². The maximum absolute atomic E-state index is 11.0. The van der Waals surface area contributed by atoms with Crippen LogP contribution in [0.3, 0.4) is 0 Å². The Morgan fingerprint density at radius 1 is 1.53 bits per heavy atom. The van der Waals surface area contributed by atoms with Crippen LogP contribution in [0.25, 0.3) is 0 Å². The molecule has 1 fully saturated rings. The van der Waals surface area contributed by atoms with Gasteiger partial charge >= 0.3 is 5.69 Å². The molecule has 1 saturated heterocycles. The fraction of sp³-hybridized carbons (Fsp3) is 0.636. The first-order valence-corrected chi connectivity index (χ1v) is 6.10. The van der Waals surface area contributed by atoms with Crippen molar-refractivity contribution in [2.75, 3.05) is 32.2 Å². The normalized spacial score (nSPS) is 16.1. The molecule has 2 rings (SSSR count). The molecule has 0 radical (unpaired) electrons. The zero-order valence-corrected chi connectivity index (χ0v) is 10.7. The van der Waals surface area contributed by atoms with Gasteiger partial charge in [-0.2, -0.15) is 4.98 Å². The van der Waals surface area contributed by atoms with Crippen LogP contribution in [0.1, 0.15) is 12.8 Å². The molecule has 1 N–H and O–H groups in total. The van der Waals surface area contributed by atoms with Gasteiger partial charge in [0.15, 0.2) is 0 Å². The van der Waals surface area contributed by atoms with E-state index in [0.29, 0.717) is 25.7 Å². The van der Waals surface area contributed by atoms with Crippen molar-refractivity contribution in [1.82, 2.24) is 9.97 Å². The van der Waals surface area contributed by atoms with Gasteiger partial charge in [0, 0.05) is 20.3 Å². The zero-order chi connectivity index (χ0) is 13.7. The Morgan fingerprint density at radius 3 is 2.89 bits per heavy atom. The number of anilines is 1. The molecule has 0 saturated carbocycles. The lowest BCUT2D eigenvalue weighted by atomic mass is 10.0. The number of hydrogen-bond donors (Lipinski definition) is 1. The van der Waals surface area contributed by atoms with Crippen molar-refractivity contribution in [1.29, 1.82) is 0 Å². The van der Waals surface area contributed by atoms with Gasteiger partial charge in [0.1, 0.15) is 6.33 Å². The summed E-state index contributed by atoms with van der Waals surface area (Å²) < 4.78 is 10.7. The minimum atomic E-state index is -0.537. The molecule has 0 bridgehead atoms. The van der Waals surface area contributed by atoms with Crippen LogP contribution in [0.15, 0.2) is 6.33 Å². The summed E-state index contributed by atoms with van der Waals surface area (Å²) in [5.74, 6) is 0.513. The second kappa shape index (κ2) is 6.28. The van der Waals surface area contributed by atoms with Crippen molar-refractivity contribution < 1.29 is 14.4 Å². The van der Waals surface area contributed by atoms with Gasteiger partial charge in [-0.3, -0.25) is 10.1 Å². The lowest BCUT2D eigenvalue weighted by Crippen LogP contribution is -2.22. The Labute approximate surface area is 110 Å². The summed E-state index contributed by atoms with van der Waals surface area (Å²) in [6, 6.07) is 0. The molecule has 1 aromatic heterocycles. The van der Waals surface area contributed by atoms with Crippen LogP contribution in [0, 0.1) is 16.0 Å². The van der Waals surface area contributed by atoms with E-state index in [1.165, 1.54) is 6.33 Å². The van der Waals surface area contributed by atoms with E-state index in [4.69, 9.17) is 9.47 Å². The van der Waals surface area contributed by atoms with Crippen LogP contribution >= 0.6 is 0 Å². The van der Waals surface area contributed by atoms with Gasteiger partial charge in [-0.05, 0) is 18.8 Å². The lowest BCUT2D eigenvalue weighted by molar-refractivity contribution is -0.385. The largest absolute Gasteiger partial charge is 0.472 e. The Kier molecular flexibility index (Phi) is 4.45. The average Bonchev–Trinajstić information content (AvgIpc) is 2.45. The molecule has 2 heterocycles. The number of ether oxygens (including phenoxy) is 2. The van der Waals surface area contributed by atoms with E-state index in [1.807, 2.05) is 0 Å². The highest BCUT2D eigenvalue weighted by Crippen LogP contribution is 2.31. The van der Waals surface area contributed by atoms with Crippen LogP contribution in [0.4, 0.5) is 11.5 Å². The molecule has 1 aliphatic rings. The first-order valence-electron chi connectivity index (χ1n) is 6.10. The Balaban J connectivity index is 2.08. The monoisotopic (exact) mass is 268 g/mol. The summed E-state index contributed by atoms with van der Waals surface area (Å²) in [6.07, 6.45) is 3.05. The molecule has 8 nitrogen and oxygen atoms in total. The van der Waals surface area contributed by atoms with Gasteiger partial charge in [0.2, 0.25) is 5.82 Å². The average molecular weight is 268 g/mol. The third-order valence-electron chi connectivity index (χ3n) is 3.00. The first-order chi connectivity index (χ1) is 9.22. The summed E-state index contributed by atoms with van der Waals surface area (Å²) in [6.45, 7) is 1.83. The highest BCUT2D eigenvalue weighted by atomic mass is 16.6. The van der Waals surface area contributed by atoms with Crippen molar-refractivity contribution in [2.45, 2.75) is 12.8 Å². The number of nitro groups is 1. The van der Waals surface area contributed by atoms with Gasteiger partial charge in [-0.15, -0.1) is 0 Å². The van der Waals surface area contributed by atoms with E-state index in [0.717, 1.165) is 12.8 Å². The van der Waals surface area contributed by atoms with Crippen molar-refractivity contribution in [2.24, 2.45) is 5.92 Å². The topological polar surface area (TPSA) is 99.4 Å². The molecule has 0 spiro atoms. The summed E-state index contributed by atoms with van der Waals surface area (Å²) in [4.78, 5) is 18.2. The standard InChI is InChI=1S/C11H16N4O4/c1-12-10-9(15(16)17)11(14-7-13-10)19-6-8-2-4-18-5-3-8/h7-8H,2-6H2,1H3,(H,12,13,14). The molecule has 19 heavy (non-hydrogen) atoms.